The lowest BCUT2D eigenvalue weighted by Crippen LogP contribution is -2.37. The molecule has 0 aliphatic rings. The first-order valence-corrected chi connectivity index (χ1v) is 5.64. The zero-order valence-electron chi connectivity index (χ0n) is 10.3. The Hall–Kier alpha value is -1.58. The summed E-state index contributed by atoms with van der Waals surface area (Å²) in [6, 6.07) is 3.96. The molecule has 0 saturated heterocycles. The molecule has 0 fully saturated rings. The van der Waals surface area contributed by atoms with Gasteiger partial charge in [-0.3, -0.25) is 4.98 Å². The van der Waals surface area contributed by atoms with Crippen molar-refractivity contribution in [2.45, 2.75) is 27.3 Å². The molecular formula is C12H20N4. The van der Waals surface area contributed by atoms with Gasteiger partial charge >= 0.3 is 0 Å². The van der Waals surface area contributed by atoms with Gasteiger partial charge in [-0.25, -0.2) is 4.99 Å². The summed E-state index contributed by atoms with van der Waals surface area (Å²) in [6.07, 6.45) is 1.78. The summed E-state index contributed by atoms with van der Waals surface area (Å²) >= 11 is 0. The molecule has 0 saturated carbocycles. The van der Waals surface area contributed by atoms with Gasteiger partial charge in [-0.05, 0) is 32.4 Å². The van der Waals surface area contributed by atoms with Gasteiger partial charge in [0, 0.05) is 19.3 Å². The van der Waals surface area contributed by atoms with Crippen LogP contribution in [0.2, 0.25) is 0 Å². The fraction of sp³-hybridized carbons (Fsp3) is 0.500. The Morgan fingerprint density at radius 1 is 1.44 bits per heavy atom. The van der Waals surface area contributed by atoms with E-state index in [2.05, 4.69) is 23.8 Å². The number of aryl methyl sites for hydroxylation is 1. The number of nitrogens with zero attached hydrogens (tertiary/aromatic N) is 3. The Labute approximate surface area is 97.2 Å². The highest BCUT2D eigenvalue weighted by Crippen LogP contribution is 2.04. The highest BCUT2D eigenvalue weighted by atomic mass is 15.2. The molecule has 1 aromatic heterocycles. The monoisotopic (exact) mass is 220 g/mol. The predicted molar refractivity (Wildman–Crippen MR) is 67.2 cm³/mol. The van der Waals surface area contributed by atoms with Crippen molar-refractivity contribution in [3.05, 3.63) is 29.6 Å². The molecule has 1 aromatic rings. The van der Waals surface area contributed by atoms with E-state index in [1.54, 1.807) is 6.20 Å². The smallest absolute Gasteiger partial charge is 0.191 e. The Morgan fingerprint density at radius 2 is 2.12 bits per heavy atom. The Kier molecular flexibility index (Phi) is 4.76. The quantitative estimate of drug-likeness (QED) is 0.618. The highest BCUT2D eigenvalue weighted by molar-refractivity contribution is 5.77. The molecule has 0 aromatic carbocycles. The molecule has 1 heterocycles. The van der Waals surface area contributed by atoms with Crippen LogP contribution in [0, 0.1) is 6.92 Å². The summed E-state index contributed by atoms with van der Waals surface area (Å²) in [5.41, 5.74) is 8.02. The van der Waals surface area contributed by atoms with E-state index in [0.717, 1.165) is 24.3 Å². The summed E-state index contributed by atoms with van der Waals surface area (Å²) in [5.74, 6) is 0.593. The molecule has 0 amide bonds. The highest BCUT2D eigenvalue weighted by Gasteiger charge is 2.02. The average Bonchev–Trinajstić information content (AvgIpc) is 2.29. The van der Waals surface area contributed by atoms with E-state index in [0.29, 0.717) is 12.5 Å². The fourth-order valence-corrected chi connectivity index (χ4v) is 1.49. The molecule has 0 aliphatic heterocycles. The minimum absolute atomic E-state index is 0.551. The van der Waals surface area contributed by atoms with Crippen LogP contribution in [0.3, 0.4) is 0 Å². The van der Waals surface area contributed by atoms with Gasteiger partial charge in [0.2, 0.25) is 0 Å². The number of aromatic nitrogens is 1. The third-order valence-corrected chi connectivity index (χ3v) is 2.60. The predicted octanol–water partition coefficient (Wildman–Crippen LogP) is 1.55. The molecule has 0 bridgehead atoms. The zero-order valence-corrected chi connectivity index (χ0v) is 10.3. The molecule has 4 heteroatoms. The molecule has 16 heavy (non-hydrogen) atoms. The standard InChI is InChI=1S/C12H20N4/c1-4-16(5-2)12(13)15-9-11-10(3)7-6-8-14-11/h6-8H,4-5,9H2,1-3H3,(H2,13,15). The van der Waals surface area contributed by atoms with Crippen LogP contribution >= 0.6 is 0 Å². The van der Waals surface area contributed by atoms with Crippen molar-refractivity contribution in [3.63, 3.8) is 0 Å². The van der Waals surface area contributed by atoms with Gasteiger partial charge in [0.15, 0.2) is 5.96 Å². The van der Waals surface area contributed by atoms with E-state index < -0.39 is 0 Å². The van der Waals surface area contributed by atoms with E-state index in [-0.39, 0.29) is 0 Å². The van der Waals surface area contributed by atoms with Crippen molar-refractivity contribution >= 4 is 5.96 Å². The molecule has 0 spiro atoms. The second-order valence-corrected chi connectivity index (χ2v) is 3.61. The molecule has 2 N–H and O–H groups in total. The third-order valence-electron chi connectivity index (χ3n) is 2.60. The van der Waals surface area contributed by atoms with Crippen LogP contribution in [0.5, 0.6) is 0 Å². The van der Waals surface area contributed by atoms with Gasteiger partial charge in [-0.1, -0.05) is 6.07 Å². The first-order chi connectivity index (χ1) is 7.69. The summed E-state index contributed by atoms with van der Waals surface area (Å²) < 4.78 is 0. The maximum Gasteiger partial charge on any atom is 0.191 e. The van der Waals surface area contributed by atoms with Gasteiger partial charge in [-0.15, -0.1) is 0 Å². The maximum atomic E-state index is 5.89. The summed E-state index contributed by atoms with van der Waals surface area (Å²) in [5, 5.41) is 0. The van der Waals surface area contributed by atoms with E-state index in [1.165, 1.54) is 0 Å². The Balaban J connectivity index is 2.69. The van der Waals surface area contributed by atoms with E-state index in [4.69, 9.17) is 5.73 Å². The molecule has 0 atom stereocenters. The van der Waals surface area contributed by atoms with Crippen molar-refractivity contribution in [1.29, 1.82) is 0 Å². The van der Waals surface area contributed by atoms with Gasteiger partial charge in [0.25, 0.3) is 0 Å². The third kappa shape index (κ3) is 3.22. The van der Waals surface area contributed by atoms with Crippen molar-refractivity contribution in [2.75, 3.05) is 13.1 Å². The summed E-state index contributed by atoms with van der Waals surface area (Å²) in [7, 11) is 0. The Bertz CT molecular complexity index is 356. The molecular weight excluding hydrogens is 200 g/mol. The molecule has 0 unspecified atom stereocenters. The van der Waals surface area contributed by atoms with Crippen LogP contribution < -0.4 is 5.73 Å². The van der Waals surface area contributed by atoms with E-state index in [9.17, 15) is 0 Å². The lowest BCUT2D eigenvalue weighted by atomic mass is 10.2. The summed E-state index contributed by atoms with van der Waals surface area (Å²) in [6.45, 7) is 8.48. The first kappa shape index (κ1) is 12.5. The molecule has 88 valence electrons. The van der Waals surface area contributed by atoms with Crippen LogP contribution in [0.25, 0.3) is 0 Å². The van der Waals surface area contributed by atoms with Gasteiger partial charge in [0.05, 0.1) is 12.2 Å². The van der Waals surface area contributed by atoms with Crippen LogP contribution in [0.4, 0.5) is 0 Å². The van der Waals surface area contributed by atoms with Gasteiger partial charge in [-0.2, -0.15) is 0 Å². The molecule has 4 nitrogen and oxygen atoms in total. The van der Waals surface area contributed by atoms with E-state index in [1.807, 2.05) is 24.0 Å². The number of guanidine groups is 1. The Morgan fingerprint density at radius 3 is 2.69 bits per heavy atom. The van der Waals surface area contributed by atoms with Crippen molar-refractivity contribution in [2.24, 2.45) is 10.7 Å². The number of hydrogen-bond acceptors (Lipinski definition) is 2. The first-order valence-electron chi connectivity index (χ1n) is 5.64. The minimum Gasteiger partial charge on any atom is -0.370 e. The van der Waals surface area contributed by atoms with Gasteiger partial charge < -0.3 is 10.6 Å². The second kappa shape index (κ2) is 6.10. The lowest BCUT2D eigenvalue weighted by Gasteiger charge is -2.19. The van der Waals surface area contributed by atoms with Crippen LogP contribution in [-0.2, 0) is 6.54 Å². The number of aliphatic imine (C=N–C) groups is 1. The number of pyridine rings is 1. The van der Waals surface area contributed by atoms with Crippen molar-refractivity contribution in [1.82, 2.24) is 9.88 Å². The van der Waals surface area contributed by atoms with Crippen molar-refractivity contribution < 1.29 is 0 Å². The molecule has 1 rings (SSSR count). The second-order valence-electron chi connectivity index (χ2n) is 3.61. The minimum atomic E-state index is 0.551. The van der Waals surface area contributed by atoms with Crippen molar-refractivity contribution in [3.8, 4) is 0 Å². The largest absolute Gasteiger partial charge is 0.370 e. The molecule has 0 radical (unpaired) electrons. The van der Waals surface area contributed by atoms with Crippen LogP contribution in [0.1, 0.15) is 25.1 Å². The van der Waals surface area contributed by atoms with E-state index >= 15 is 0 Å². The summed E-state index contributed by atoms with van der Waals surface area (Å²) in [4.78, 5) is 10.7. The SMILES string of the molecule is CCN(CC)C(N)=NCc1ncccc1C. The number of hydrogen-bond donors (Lipinski definition) is 1. The fourth-order valence-electron chi connectivity index (χ4n) is 1.49. The lowest BCUT2D eigenvalue weighted by molar-refractivity contribution is 0.458. The maximum absolute atomic E-state index is 5.89. The number of nitrogens with two attached hydrogens (primary N) is 1. The number of rotatable bonds is 4. The van der Waals surface area contributed by atoms with Crippen LogP contribution in [-0.4, -0.2) is 28.9 Å². The van der Waals surface area contributed by atoms with Crippen LogP contribution in [0.15, 0.2) is 23.3 Å². The topological polar surface area (TPSA) is 54.5 Å². The average molecular weight is 220 g/mol. The molecule has 0 aliphatic carbocycles. The van der Waals surface area contributed by atoms with Gasteiger partial charge in [0.1, 0.15) is 0 Å². The zero-order chi connectivity index (χ0) is 12.0. The normalized spacial score (nSPS) is 11.6.